The summed E-state index contributed by atoms with van der Waals surface area (Å²) in [6.07, 6.45) is 1.56. The SMILES string of the molecule is NC1(C(=O)N2CCc3sccc3C2C(=O)O)CCOCC1. The van der Waals surface area contributed by atoms with Crippen LogP contribution in [0.5, 0.6) is 0 Å². The van der Waals surface area contributed by atoms with Crippen molar-refractivity contribution in [2.24, 2.45) is 5.73 Å². The number of carbonyl (C=O) groups excluding carboxylic acids is 1. The largest absolute Gasteiger partial charge is 0.479 e. The summed E-state index contributed by atoms with van der Waals surface area (Å²) in [4.78, 5) is 26.9. The van der Waals surface area contributed by atoms with E-state index >= 15 is 0 Å². The summed E-state index contributed by atoms with van der Waals surface area (Å²) in [5.41, 5.74) is 5.95. The van der Waals surface area contributed by atoms with Gasteiger partial charge in [-0.05, 0) is 36.3 Å². The summed E-state index contributed by atoms with van der Waals surface area (Å²) in [6, 6.07) is 0.876. The van der Waals surface area contributed by atoms with E-state index in [1.54, 1.807) is 17.4 Å². The first-order chi connectivity index (χ1) is 10.0. The minimum Gasteiger partial charge on any atom is -0.479 e. The summed E-state index contributed by atoms with van der Waals surface area (Å²) in [6.45, 7) is 1.29. The number of rotatable bonds is 2. The first-order valence-electron chi connectivity index (χ1n) is 7.00. The number of carbonyl (C=O) groups is 2. The zero-order chi connectivity index (χ0) is 15.0. The van der Waals surface area contributed by atoms with Gasteiger partial charge >= 0.3 is 5.97 Å². The van der Waals surface area contributed by atoms with Gasteiger partial charge in [0.15, 0.2) is 6.04 Å². The molecule has 2 aliphatic rings. The van der Waals surface area contributed by atoms with Crippen LogP contribution in [0.3, 0.4) is 0 Å². The summed E-state index contributed by atoms with van der Waals surface area (Å²) in [7, 11) is 0. The van der Waals surface area contributed by atoms with E-state index in [-0.39, 0.29) is 5.91 Å². The van der Waals surface area contributed by atoms with Gasteiger partial charge in [-0.2, -0.15) is 0 Å². The monoisotopic (exact) mass is 310 g/mol. The Balaban J connectivity index is 1.90. The van der Waals surface area contributed by atoms with E-state index in [1.165, 1.54) is 4.90 Å². The maximum Gasteiger partial charge on any atom is 0.331 e. The van der Waals surface area contributed by atoms with Crippen molar-refractivity contribution < 1.29 is 19.4 Å². The standard InChI is InChI=1S/C14H18N2O4S/c15-14(3-6-20-7-4-14)13(19)16-5-1-10-9(2-8-21-10)11(16)12(17)18/h2,8,11H,1,3-7,15H2,(H,17,18). The van der Waals surface area contributed by atoms with E-state index in [0.717, 1.165) is 10.4 Å². The van der Waals surface area contributed by atoms with E-state index in [4.69, 9.17) is 10.5 Å². The van der Waals surface area contributed by atoms with Gasteiger partial charge in [0, 0.05) is 24.6 Å². The highest BCUT2D eigenvalue weighted by molar-refractivity contribution is 7.10. The molecule has 0 aliphatic carbocycles. The molecular weight excluding hydrogens is 292 g/mol. The lowest BCUT2D eigenvalue weighted by Gasteiger charge is -2.40. The highest BCUT2D eigenvalue weighted by Gasteiger charge is 2.45. The van der Waals surface area contributed by atoms with Crippen LogP contribution in [0.15, 0.2) is 11.4 Å². The number of carboxylic acids is 1. The van der Waals surface area contributed by atoms with Crippen LogP contribution in [0, 0.1) is 0 Å². The molecule has 1 unspecified atom stereocenters. The summed E-state index contributed by atoms with van der Waals surface area (Å²) in [5, 5.41) is 11.4. The molecule has 6 nitrogen and oxygen atoms in total. The first-order valence-corrected chi connectivity index (χ1v) is 7.88. The van der Waals surface area contributed by atoms with Crippen molar-refractivity contribution in [3.63, 3.8) is 0 Å². The lowest BCUT2D eigenvalue weighted by Crippen LogP contribution is -2.60. The second-order valence-electron chi connectivity index (χ2n) is 5.56. The van der Waals surface area contributed by atoms with Crippen molar-refractivity contribution >= 4 is 23.2 Å². The fourth-order valence-corrected chi connectivity index (χ4v) is 3.94. The van der Waals surface area contributed by atoms with Crippen molar-refractivity contribution in [2.75, 3.05) is 19.8 Å². The van der Waals surface area contributed by atoms with Gasteiger partial charge in [0.1, 0.15) is 0 Å². The minimum atomic E-state index is -1.00. The fraction of sp³-hybridized carbons (Fsp3) is 0.571. The van der Waals surface area contributed by atoms with Gasteiger partial charge in [-0.25, -0.2) is 4.79 Å². The molecule has 0 bridgehead atoms. The molecule has 1 fully saturated rings. The third-order valence-corrected chi connectivity index (χ3v) is 5.27. The first kappa shape index (κ1) is 14.5. The maximum atomic E-state index is 12.8. The molecule has 3 N–H and O–H groups in total. The third kappa shape index (κ3) is 2.45. The van der Waals surface area contributed by atoms with Gasteiger partial charge in [0.05, 0.1) is 5.54 Å². The number of aliphatic carboxylic acids is 1. The number of thiophene rings is 1. The highest BCUT2D eigenvalue weighted by Crippen LogP contribution is 2.35. The van der Waals surface area contributed by atoms with Crippen LogP contribution in [-0.4, -0.2) is 47.2 Å². The van der Waals surface area contributed by atoms with Gasteiger partial charge in [-0.1, -0.05) is 0 Å². The van der Waals surface area contributed by atoms with E-state index in [2.05, 4.69) is 0 Å². The number of amides is 1. The number of fused-ring (bicyclic) bond motifs is 1. The Bertz CT molecular complexity index is 565. The van der Waals surface area contributed by atoms with Crippen LogP contribution in [0.25, 0.3) is 0 Å². The van der Waals surface area contributed by atoms with E-state index in [1.807, 2.05) is 5.38 Å². The molecular formula is C14H18N2O4S. The second kappa shape index (κ2) is 5.40. The van der Waals surface area contributed by atoms with Crippen molar-refractivity contribution in [2.45, 2.75) is 30.8 Å². The molecule has 3 heterocycles. The summed E-state index contributed by atoms with van der Waals surface area (Å²) in [5.74, 6) is -1.27. The zero-order valence-electron chi connectivity index (χ0n) is 11.6. The van der Waals surface area contributed by atoms with Crippen LogP contribution in [0.2, 0.25) is 0 Å². The average molecular weight is 310 g/mol. The number of nitrogens with zero attached hydrogens (tertiary/aromatic N) is 1. The Labute approximate surface area is 126 Å². The maximum absolute atomic E-state index is 12.8. The normalized spacial score (nSPS) is 24.4. The van der Waals surface area contributed by atoms with Gasteiger partial charge in [0.25, 0.3) is 0 Å². The Morgan fingerprint density at radius 1 is 1.43 bits per heavy atom. The van der Waals surface area contributed by atoms with E-state index in [9.17, 15) is 14.7 Å². The predicted molar refractivity (Wildman–Crippen MR) is 77.1 cm³/mol. The smallest absolute Gasteiger partial charge is 0.331 e. The molecule has 2 aliphatic heterocycles. The molecule has 7 heteroatoms. The Morgan fingerprint density at radius 3 is 2.81 bits per heavy atom. The minimum absolute atomic E-state index is 0.268. The van der Waals surface area contributed by atoms with Crippen LogP contribution in [0.1, 0.15) is 29.3 Å². The molecule has 0 aromatic carbocycles. The van der Waals surface area contributed by atoms with E-state index in [0.29, 0.717) is 39.0 Å². The molecule has 21 heavy (non-hydrogen) atoms. The molecule has 114 valence electrons. The molecule has 1 saturated heterocycles. The number of nitrogens with two attached hydrogens (primary N) is 1. The lowest BCUT2D eigenvalue weighted by atomic mass is 9.87. The van der Waals surface area contributed by atoms with Crippen LogP contribution in [-0.2, 0) is 20.7 Å². The Kier molecular flexibility index (Phi) is 3.73. The summed E-state index contributed by atoms with van der Waals surface area (Å²) < 4.78 is 5.26. The number of hydrogen-bond acceptors (Lipinski definition) is 5. The average Bonchev–Trinajstić information content (AvgIpc) is 2.94. The molecule has 1 aromatic rings. The third-order valence-electron chi connectivity index (χ3n) is 4.27. The zero-order valence-corrected chi connectivity index (χ0v) is 12.4. The topological polar surface area (TPSA) is 92.9 Å². The lowest BCUT2D eigenvalue weighted by molar-refractivity contribution is -0.155. The summed E-state index contributed by atoms with van der Waals surface area (Å²) >= 11 is 1.54. The Morgan fingerprint density at radius 2 is 2.14 bits per heavy atom. The second-order valence-corrected chi connectivity index (χ2v) is 6.56. The van der Waals surface area contributed by atoms with Crippen molar-refractivity contribution in [3.8, 4) is 0 Å². The molecule has 0 radical (unpaired) electrons. The highest BCUT2D eigenvalue weighted by atomic mass is 32.1. The fourth-order valence-electron chi connectivity index (χ4n) is 3.04. The van der Waals surface area contributed by atoms with Gasteiger partial charge in [-0.3, -0.25) is 4.79 Å². The van der Waals surface area contributed by atoms with Crippen LogP contribution < -0.4 is 5.73 Å². The van der Waals surface area contributed by atoms with Crippen LogP contribution >= 0.6 is 11.3 Å². The molecule has 3 rings (SSSR count). The molecule has 1 atom stereocenters. The van der Waals surface area contributed by atoms with Crippen molar-refractivity contribution in [1.29, 1.82) is 0 Å². The molecule has 1 amide bonds. The number of carboxylic acid groups (broad SMARTS) is 1. The molecule has 0 saturated carbocycles. The molecule has 0 spiro atoms. The van der Waals surface area contributed by atoms with Gasteiger partial charge in [-0.15, -0.1) is 11.3 Å². The van der Waals surface area contributed by atoms with Gasteiger partial charge in [0.2, 0.25) is 5.91 Å². The predicted octanol–water partition coefficient (Wildman–Crippen LogP) is 0.766. The van der Waals surface area contributed by atoms with E-state index < -0.39 is 17.6 Å². The number of ether oxygens (including phenoxy) is 1. The Hall–Kier alpha value is -1.44. The van der Waals surface area contributed by atoms with Crippen molar-refractivity contribution in [3.05, 3.63) is 21.9 Å². The van der Waals surface area contributed by atoms with Crippen LogP contribution in [0.4, 0.5) is 0 Å². The van der Waals surface area contributed by atoms with Gasteiger partial charge < -0.3 is 20.5 Å². The quantitative estimate of drug-likeness (QED) is 0.841. The number of hydrogen-bond donors (Lipinski definition) is 2. The van der Waals surface area contributed by atoms with Crippen molar-refractivity contribution in [1.82, 2.24) is 4.90 Å². The molecule has 1 aromatic heterocycles.